The molecular weight excluding hydrogens is 413 g/mol. The van der Waals surface area contributed by atoms with E-state index in [9.17, 15) is 14.4 Å². The molecule has 3 rings (SSSR count). The lowest BCUT2D eigenvalue weighted by atomic mass is 9.79. The van der Waals surface area contributed by atoms with E-state index in [4.69, 9.17) is 11.6 Å². The number of anilines is 2. The van der Waals surface area contributed by atoms with Gasteiger partial charge < -0.3 is 10.2 Å². The molecule has 0 fully saturated rings. The molecule has 2 aromatic rings. The average molecular weight is 440 g/mol. The topological polar surface area (TPSA) is 56.1 Å². The Kier molecular flexibility index (Phi) is 6.71. The summed E-state index contributed by atoms with van der Waals surface area (Å²) in [4.78, 5) is 15.0. The van der Waals surface area contributed by atoms with Gasteiger partial charge in [0, 0.05) is 28.5 Å². The molecule has 1 aliphatic heterocycles. The fraction of sp³-hybridized carbons (Fsp3) is 0.360. The van der Waals surface area contributed by atoms with Crippen molar-refractivity contribution in [2.45, 2.75) is 52.0 Å². The molecule has 0 spiro atoms. The Morgan fingerprint density at radius 2 is 2.03 bits per heavy atom. The van der Waals surface area contributed by atoms with Crippen LogP contribution in [0.25, 0.3) is 6.08 Å². The van der Waals surface area contributed by atoms with Crippen LogP contribution in [0.5, 0.6) is 0 Å². The van der Waals surface area contributed by atoms with E-state index < -0.39 is 11.7 Å². The number of nitriles is 1. The number of benzene rings is 2. The number of rotatable bonds is 5. The van der Waals surface area contributed by atoms with E-state index in [1.54, 1.807) is 0 Å². The van der Waals surface area contributed by atoms with Crippen LogP contribution in [0.2, 0.25) is 5.02 Å². The first kappa shape index (κ1) is 22.8. The van der Waals surface area contributed by atoms with Crippen LogP contribution in [-0.4, -0.2) is 18.0 Å². The van der Waals surface area contributed by atoms with Gasteiger partial charge in [-0.25, -0.2) is 4.39 Å². The number of carbonyl (C=O) groups is 1. The van der Waals surface area contributed by atoms with Crippen molar-refractivity contribution in [3.8, 4) is 6.07 Å². The summed E-state index contributed by atoms with van der Waals surface area (Å²) in [6.07, 6.45) is 3.54. The largest absolute Gasteiger partial charge is 0.366 e. The monoisotopic (exact) mass is 439 g/mol. The van der Waals surface area contributed by atoms with Gasteiger partial charge in [0.1, 0.15) is 17.5 Å². The smallest absolute Gasteiger partial charge is 0.266 e. The minimum atomic E-state index is -0.565. The summed E-state index contributed by atoms with van der Waals surface area (Å²) in [6.45, 7) is 9.78. The summed E-state index contributed by atoms with van der Waals surface area (Å²) < 4.78 is 13.1. The third-order valence-corrected chi connectivity index (χ3v) is 6.05. The van der Waals surface area contributed by atoms with Gasteiger partial charge in [0.25, 0.3) is 5.91 Å². The number of carbonyl (C=O) groups excluding carboxylic acids is 1. The van der Waals surface area contributed by atoms with Crippen LogP contribution in [0.4, 0.5) is 15.8 Å². The van der Waals surface area contributed by atoms with Gasteiger partial charge in [-0.05, 0) is 86.2 Å². The van der Waals surface area contributed by atoms with Gasteiger partial charge in [-0.3, -0.25) is 4.79 Å². The second-order valence-electron chi connectivity index (χ2n) is 8.63. The molecule has 0 aromatic heterocycles. The number of halogens is 2. The first-order valence-electron chi connectivity index (χ1n) is 10.5. The zero-order chi connectivity index (χ0) is 22.8. The van der Waals surface area contributed by atoms with Gasteiger partial charge in [-0.1, -0.05) is 25.4 Å². The summed E-state index contributed by atoms with van der Waals surface area (Å²) >= 11 is 6.60. The number of amides is 1. The highest BCUT2D eigenvalue weighted by atomic mass is 35.5. The first-order valence-corrected chi connectivity index (χ1v) is 10.8. The van der Waals surface area contributed by atoms with Gasteiger partial charge >= 0.3 is 0 Å². The Labute approximate surface area is 188 Å². The molecule has 31 heavy (non-hydrogen) atoms. The minimum Gasteiger partial charge on any atom is -0.366 e. The van der Waals surface area contributed by atoms with Gasteiger partial charge in [-0.15, -0.1) is 0 Å². The Morgan fingerprint density at radius 3 is 2.65 bits per heavy atom. The van der Waals surface area contributed by atoms with E-state index in [0.717, 1.165) is 25.1 Å². The van der Waals surface area contributed by atoms with Crippen molar-refractivity contribution in [1.82, 2.24) is 0 Å². The summed E-state index contributed by atoms with van der Waals surface area (Å²) in [6, 6.07) is 11.3. The number of hydrogen-bond donors (Lipinski definition) is 1. The fourth-order valence-electron chi connectivity index (χ4n) is 4.31. The van der Waals surface area contributed by atoms with Crippen LogP contribution in [0.15, 0.2) is 42.0 Å². The maximum atomic E-state index is 13.1. The van der Waals surface area contributed by atoms with E-state index in [2.05, 4.69) is 37.9 Å². The Hall–Kier alpha value is -2.84. The molecule has 0 radical (unpaired) electrons. The third kappa shape index (κ3) is 4.91. The zero-order valence-electron chi connectivity index (χ0n) is 18.3. The molecule has 4 nitrogen and oxygen atoms in total. The molecule has 0 aliphatic carbocycles. The average Bonchev–Trinajstić information content (AvgIpc) is 2.71. The van der Waals surface area contributed by atoms with Crippen molar-refractivity contribution in [2.75, 3.05) is 16.8 Å². The van der Waals surface area contributed by atoms with Crippen LogP contribution in [0, 0.1) is 17.1 Å². The van der Waals surface area contributed by atoms with E-state index >= 15 is 0 Å². The molecule has 6 heteroatoms. The van der Waals surface area contributed by atoms with Gasteiger partial charge in [0.2, 0.25) is 0 Å². The lowest BCUT2D eigenvalue weighted by Gasteiger charge is -2.47. The van der Waals surface area contributed by atoms with Crippen LogP contribution >= 0.6 is 11.6 Å². The van der Waals surface area contributed by atoms with Crippen LogP contribution in [-0.2, 0) is 4.79 Å². The molecule has 0 saturated heterocycles. The molecule has 0 bridgehead atoms. The minimum absolute atomic E-state index is 0.0238. The van der Waals surface area contributed by atoms with Crippen molar-refractivity contribution >= 4 is 35.0 Å². The van der Waals surface area contributed by atoms with Crippen molar-refractivity contribution in [3.05, 3.63) is 63.9 Å². The second-order valence-corrected chi connectivity index (χ2v) is 9.04. The molecule has 1 atom stereocenters. The molecule has 0 saturated carbocycles. The normalized spacial score (nSPS) is 17.6. The molecule has 1 aliphatic rings. The predicted octanol–water partition coefficient (Wildman–Crippen LogP) is 6.53. The van der Waals surface area contributed by atoms with Gasteiger partial charge in [-0.2, -0.15) is 5.26 Å². The van der Waals surface area contributed by atoms with Crippen molar-refractivity contribution in [3.63, 3.8) is 0 Å². The lowest BCUT2D eigenvalue weighted by molar-refractivity contribution is -0.112. The maximum Gasteiger partial charge on any atom is 0.266 e. The third-order valence-electron chi connectivity index (χ3n) is 5.72. The molecule has 1 heterocycles. The van der Waals surface area contributed by atoms with Crippen molar-refractivity contribution in [2.24, 2.45) is 0 Å². The molecule has 1 unspecified atom stereocenters. The second kappa shape index (κ2) is 9.11. The quantitative estimate of drug-likeness (QED) is 0.425. The number of nitrogens with zero attached hydrogens (tertiary/aromatic N) is 2. The van der Waals surface area contributed by atoms with Crippen LogP contribution in [0.3, 0.4) is 0 Å². The number of nitrogens with one attached hydrogen (secondary N) is 1. The van der Waals surface area contributed by atoms with E-state index in [1.165, 1.54) is 35.9 Å². The van der Waals surface area contributed by atoms with Gasteiger partial charge in [0.05, 0.1) is 0 Å². The molecule has 2 aromatic carbocycles. The van der Waals surface area contributed by atoms with Crippen molar-refractivity contribution in [1.29, 1.82) is 5.26 Å². The number of hydrogen-bond acceptors (Lipinski definition) is 3. The molecule has 1 amide bonds. The Morgan fingerprint density at radius 1 is 1.35 bits per heavy atom. The lowest BCUT2D eigenvalue weighted by Crippen LogP contribution is -2.48. The zero-order valence-corrected chi connectivity index (χ0v) is 19.1. The van der Waals surface area contributed by atoms with Crippen molar-refractivity contribution < 1.29 is 9.18 Å². The summed E-state index contributed by atoms with van der Waals surface area (Å²) in [5.41, 5.74) is 3.28. The first-order chi connectivity index (χ1) is 14.7. The predicted molar refractivity (Wildman–Crippen MR) is 125 cm³/mol. The van der Waals surface area contributed by atoms with E-state index in [-0.39, 0.29) is 11.1 Å². The standard InChI is InChI=1S/C25H27ClFN3O/c1-5-10-30-23-13-22(26)17(12-21(23)16(2)14-25(30,3)4)11-18(15-28)24(31)29-20-8-6-19(27)7-9-20/h6-9,11-13,16H,5,10,14H2,1-4H3,(H,29,31)/b18-11+. The van der Waals surface area contributed by atoms with Gasteiger partial charge in [0.15, 0.2) is 0 Å². The van der Waals surface area contributed by atoms with E-state index in [1.807, 2.05) is 18.2 Å². The highest BCUT2D eigenvalue weighted by molar-refractivity contribution is 6.32. The number of fused-ring (bicyclic) bond motifs is 1. The molecular formula is C25H27ClFN3O. The maximum absolute atomic E-state index is 13.1. The Bertz CT molecular complexity index is 1050. The summed E-state index contributed by atoms with van der Waals surface area (Å²) in [5.74, 6) is -0.643. The Balaban J connectivity index is 1.96. The highest BCUT2D eigenvalue weighted by Gasteiger charge is 2.36. The van der Waals surface area contributed by atoms with Crippen LogP contribution < -0.4 is 10.2 Å². The summed E-state index contributed by atoms with van der Waals surface area (Å²) in [5, 5.41) is 12.7. The van der Waals surface area contributed by atoms with E-state index in [0.29, 0.717) is 22.2 Å². The highest BCUT2D eigenvalue weighted by Crippen LogP contribution is 2.45. The SMILES string of the molecule is CCCN1c2cc(Cl)c(/C=C(\C#N)C(=O)Nc3ccc(F)cc3)cc2C(C)CC1(C)C. The van der Waals surface area contributed by atoms with Crippen LogP contribution in [0.1, 0.15) is 57.6 Å². The summed E-state index contributed by atoms with van der Waals surface area (Å²) in [7, 11) is 0. The molecule has 162 valence electrons. The molecule has 1 N–H and O–H groups in total. The fourth-order valence-corrected chi connectivity index (χ4v) is 4.53.